The first-order chi connectivity index (χ1) is 34.4. The lowest BCUT2D eigenvalue weighted by atomic mass is 9.82. The first-order valence-electron chi connectivity index (χ1n) is 24.3. The molecule has 0 saturated carbocycles. The molecular weight excluding hydrogens is 986 g/mol. The van der Waals surface area contributed by atoms with E-state index < -0.39 is 82.3 Å². The Morgan fingerprint density at radius 2 is 1.22 bits per heavy atom. The number of nitrogens with one attached hydrogen (secondary N) is 7. The normalized spacial score (nSPS) is 18.0. The van der Waals surface area contributed by atoms with Crippen molar-refractivity contribution in [3.05, 3.63) is 57.8 Å². The van der Waals surface area contributed by atoms with E-state index in [2.05, 4.69) is 36.6 Å². The molecular formula is C51H67Cl2N9O11. The summed E-state index contributed by atoms with van der Waals surface area (Å²) >= 11 is 12.9. The van der Waals surface area contributed by atoms with Gasteiger partial charge in [-0.3, -0.25) is 33.6 Å². The van der Waals surface area contributed by atoms with E-state index in [0.29, 0.717) is 82.1 Å². The average Bonchev–Trinajstić information content (AvgIpc) is 4.00. The number of esters is 1. The fourth-order valence-corrected chi connectivity index (χ4v) is 10.2. The molecule has 2 saturated heterocycles. The van der Waals surface area contributed by atoms with Crippen LogP contribution < -0.4 is 41.8 Å². The van der Waals surface area contributed by atoms with Crippen LogP contribution in [0, 0.1) is 22.7 Å². The van der Waals surface area contributed by atoms with E-state index in [1.54, 1.807) is 41.3 Å². The zero-order valence-corrected chi connectivity index (χ0v) is 44.0. The second-order valence-electron chi connectivity index (χ2n) is 20.9. The predicted octanol–water partition coefficient (Wildman–Crippen LogP) is 4.90. The number of nitrogens with zero attached hydrogens (tertiary/aromatic N) is 1. The number of halogens is 2. The first kappa shape index (κ1) is 55.8. The number of H-pyrrole nitrogens is 2. The van der Waals surface area contributed by atoms with Gasteiger partial charge in [-0.1, -0.05) is 57.8 Å². The summed E-state index contributed by atoms with van der Waals surface area (Å²) in [5.41, 5.74) is 5.64. The zero-order chi connectivity index (χ0) is 53.5. The van der Waals surface area contributed by atoms with Crippen molar-refractivity contribution < 1.29 is 52.6 Å². The SMILES string of the molecule is COC(=O)[C@H](C[C@@H]1CCCNC1=O)NC(=O)[C@H](CC(C)(C)CN1CCC[C@@H](C[C@H](NC(=O)[C@H](CC(C)(C)C)NC(=O)c2cc3c(OC)ccc(Cl)c3[nH]2)C(N)=O)C1=O)NC(=O)c1cc2c(OC)ccc(Cl)c2[nH]1. The summed E-state index contributed by atoms with van der Waals surface area (Å²) in [6, 6.07) is 4.78. The second-order valence-corrected chi connectivity index (χ2v) is 21.7. The van der Waals surface area contributed by atoms with E-state index in [1.165, 1.54) is 21.3 Å². The predicted molar refractivity (Wildman–Crippen MR) is 274 cm³/mol. The highest BCUT2D eigenvalue weighted by atomic mass is 35.5. The third-order valence-corrected chi connectivity index (χ3v) is 13.9. The number of carbonyl (C=O) groups is 8. The zero-order valence-electron chi connectivity index (χ0n) is 42.5. The van der Waals surface area contributed by atoms with Crippen molar-refractivity contribution in [3.63, 3.8) is 0 Å². The maximum atomic E-state index is 14.4. The number of primary amides is 1. The Morgan fingerprint density at radius 3 is 1.71 bits per heavy atom. The summed E-state index contributed by atoms with van der Waals surface area (Å²) in [6.45, 7) is 10.3. The average molecular weight is 1050 g/mol. The Balaban J connectivity index is 1.18. The highest BCUT2D eigenvalue weighted by Gasteiger charge is 2.40. The number of likely N-dealkylation sites (tertiary alicyclic amines) is 1. The fourth-order valence-electron chi connectivity index (χ4n) is 9.73. The van der Waals surface area contributed by atoms with Gasteiger partial charge in [-0.25, -0.2) is 4.79 Å². The summed E-state index contributed by atoms with van der Waals surface area (Å²) < 4.78 is 15.9. The summed E-state index contributed by atoms with van der Waals surface area (Å²) in [6.07, 6.45) is 2.10. The number of amides is 7. The third kappa shape index (κ3) is 14.0. The minimum atomic E-state index is -1.29. The third-order valence-electron chi connectivity index (χ3n) is 13.3. The van der Waals surface area contributed by atoms with Crippen molar-refractivity contribution in [1.29, 1.82) is 0 Å². The number of fused-ring (bicyclic) bond motifs is 2. The maximum Gasteiger partial charge on any atom is 0.328 e. The molecule has 2 aromatic heterocycles. The summed E-state index contributed by atoms with van der Waals surface area (Å²) in [5, 5.41) is 15.6. The van der Waals surface area contributed by atoms with Gasteiger partial charge in [0.1, 0.15) is 47.1 Å². The molecule has 2 aliphatic rings. The van der Waals surface area contributed by atoms with Crippen LogP contribution in [0.5, 0.6) is 11.5 Å². The largest absolute Gasteiger partial charge is 0.496 e. The van der Waals surface area contributed by atoms with Crippen LogP contribution in [-0.4, -0.2) is 127 Å². The number of aromatic nitrogens is 2. The van der Waals surface area contributed by atoms with Crippen molar-refractivity contribution in [2.24, 2.45) is 28.4 Å². The number of aromatic amines is 2. The molecule has 4 aromatic rings. The lowest BCUT2D eigenvalue weighted by molar-refractivity contribution is -0.146. The number of ether oxygens (including phenoxy) is 3. The van der Waals surface area contributed by atoms with Crippen molar-refractivity contribution in [1.82, 2.24) is 41.5 Å². The Kier molecular flexibility index (Phi) is 18.0. The Bertz CT molecular complexity index is 2750. The number of piperidine rings is 2. The number of rotatable bonds is 21. The standard InChI is InChI=1S/C51H67Cl2N9O11/c1-50(2,3)23-36(60-44(65)33-21-28-38(71-6)15-13-30(52)40(28)56-33)46(67)58-32(42(54)63)20-27-12-10-18-62(48(27)69)25-51(4,5)24-37(47(68)59-35(49(70)73-8)19-26-11-9-17-55-43(26)64)61-45(66)34-22-29-39(72-7)16-14-31(53)41(29)57-34/h13-16,21-22,26-27,32,35-37,56-57H,9-12,17-20,23-25H2,1-8H3,(H2,54,63)(H,55,64)(H,58,67)(H,59,68)(H,60,65)(H,61,66)/t26-,27-,32-,35-,36-,37-/m0/s1. The molecule has 4 heterocycles. The van der Waals surface area contributed by atoms with E-state index in [9.17, 15) is 38.4 Å². The van der Waals surface area contributed by atoms with Gasteiger partial charge in [0, 0.05) is 42.2 Å². The maximum absolute atomic E-state index is 14.4. The highest BCUT2D eigenvalue weighted by molar-refractivity contribution is 6.36. The van der Waals surface area contributed by atoms with Crippen LogP contribution in [0.3, 0.4) is 0 Å². The number of hydrogen-bond donors (Lipinski definition) is 8. The lowest BCUT2D eigenvalue weighted by Gasteiger charge is -2.39. The first-order valence-corrected chi connectivity index (χ1v) is 25.0. The molecule has 0 aliphatic carbocycles. The van der Waals surface area contributed by atoms with Crippen LogP contribution in [0.15, 0.2) is 36.4 Å². The van der Waals surface area contributed by atoms with Crippen LogP contribution in [0.1, 0.15) is 107 Å². The Morgan fingerprint density at radius 1 is 0.712 bits per heavy atom. The molecule has 0 radical (unpaired) electrons. The van der Waals surface area contributed by atoms with Gasteiger partial charge in [0.05, 0.1) is 42.4 Å². The van der Waals surface area contributed by atoms with Crippen LogP contribution in [0.25, 0.3) is 21.8 Å². The number of methoxy groups -OCH3 is 3. The van der Waals surface area contributed by atoms with Gasteiger partial charge in [-0.2, -0.15) is 0 Å². The van der Waals surface area contributed by atoms with Crippen molar-refractivity contribution in [2.45, 2.75) is 110 Å². The quantitative estimate of drug-likeness (QED) is 0.0520. The molecule has 2 fully saturated rings. The molecule has 73 heavy (non-hydrogen) atoms. The monoisotopic (exact) mass is 1050 g/mol. The van der Waals surface area contributed by atoms with Crippen molar-refractivity contribution >= 4 is 92.3 Å². The van der Waals surface area contributed by atoms with Crippen LogP contribution in [-0.2, 0) is 33.5 Å². The molecule has 6 rings (SSSR count). The lowest BCUT2D eigenvalue weighted by Crippen LogP contribution is -2.56. The number of carbonyl (C=O) groups excluding carboxylic acids is 8. The fraction of sp³-hybridized carbons (Fsp3) is 0.529. The van der Waals surface area contributed by atoms with Gasteiger partial charge < -0.3 is 61.4 Å². The van der Waals surface area contributed by atoms with Gasteiger partial charge in [0.15, 0.2) is 0 Å². The minimum Gasteiger partial charge on any atom is -0.496 e. The molecule has 20 nitrogen and oxygen atoms in total. The van der Waals surface area contributed by atoms with Crippen LogP contribution in [0.2, 0.25) is 10.0 Å². The smallest absolute Gasteiger partial charge is 0.328 e. The summed E-state index contributed by atoms with van der Waals surface area (Å²) in [5.74, 6) is -5.23. The molecule has 9 N–H and O–H groups in total. The summed E-state index contributed by atoms with van der Waals surface area (Å²) in [4.78, 5) is 117. The van der Waals surface area contributed by atoms with E-state index in [0.717, 1.165) is 0 Å². The summed E-state index contributed by atoms with van der Waals surface area (Å²) in [7, 11) is 4.15. The van der Waals surface area contributed by atoms with Crippen LogP contribution >= 0.6 is 23.2 Å². The van der Waals surface area contributed by atoms with E-state index in [1.807, 2.05) is 34.6 Å². The Labute approximate surface area is 433 Å². The van der Waals surface area contributed by atoms with Gasteiger partial charge in [-0.05, 0) is 98.6 Å². The van der Waals surface area contributed by atoms with Gasteiger partial charge >= 0.3 is 5.97 Å². The van der Waals surface area contributed by atoms with Crippen molar-refractivity contribution in [2.75, 3.05) is 41.0 Å². The molecule has 6 atom stereocenters. The van der Waals surface area contributed by atoms with E-state index in [4.69, 9.17) is 43.1 Å². The number of hydrogen-bond acceptors (Lipinski definition) is 11. The molecule has 2 aromatic carbocycles. The molecule has 0 bridgehead atoms. The van der Waals surface area contributed by atoms with Gasteiger partial charge in [0.25, 0.3) is 11.8 Å². The van der Waals surface area contributed by atoms with Gasteiger partial charge in [0.2, 0.25) is 29.5 Å². The molecule has 0 unspecified atom stereocenters. The van der Waals surface area contributed by atoms with E-state index >= 15 is 0 Å². The number of nitrogens with two attached hydrogens (primary N) is 1. The molecule has 7 amide bonds. The number of benzene rings is 2. The van der Waals surface area contributed by atoms with Crippen LogP contribution in [0.4, 0.5) is 0 Å². The van der Waals surface area contributed by atoms with E-state index in [-0.39, 0.29) is 55.4 Å². The second kappa shape index (κ2) is 23.6. The minimum absolute atomic E-state index is 0.0341. The van der Waals surface area contributed by atoms with Crippen molar-refractivity contribution in [3.8, 4) is 11.5 Å². The molecule has 22 heteroatoms. The Hall–Kier alpha value is -6.54. The molecule has 2 aliphatic heterocycles. The van der Waals surface area contributed by atoms with Gasteiger partial charge in [-0.15, -0.1) is 0 Å². The highest BCUT2D eigenvalue weighted by Crippen LogP contribution is 2.35. The topological polar surface area (TPSA) is 285 Å². The molecule has 0 spiro atoms. The molecule has 396 valence electrons.